The zero-order chi connectivity index (χ0) is 13.5. The zero-order valence-electron chi connectivity index (χ0n) is 11.1. The van der Waals surface area contributed by atoms with Crippen LogP contribution in [-0.4, -0.2) is 43.5 Å². The number of nitrogens with zero attached hydrogens (tertiary/aromatic N) is 1. The Kier molecular flexibility index (Phi) is 5.85. The van der Waals surface area contributed by atoms with E-state index in [9.17, 15) is 4.79 Å². The van der Waals surface area contributed by atoms with Crippen molar-refractivity contribution in [2.75, 3.05) is 38.4 Å². The Hall–Kier alpha value is -1.36. The molecule has 0 atom stereocenters. The first-order valence-corrected chi connectivity index (χ1v) is 7.17. The smallest absolute Gasteiger partial charge is 0.255 e. The lowest BCUT2D eigenvalue weighted by atomic mass is 10.1. The molecule has 0 heterocycles. The van der Waals surface area contributed by atoms with Crippen molar-refractivity contribution >= 4 is 23.4 Å². The summed E-state index contributed by atoms with van der Waals surface area (Å²) in [7, 11) is 3.36. The summed E-state index contributed by atoms with van der Waals surface area (Å²) < 4.78 is 5.11. The summed E-state index contributed by atoms with van der Waals surface area (Å²) in [5.41, 5.74) is 6.82. The summed E-state index contributed by atoms with van der Waals surface area (Å²) in [5.74, 6) is 1.63. The van der Waals surface area contributed by atoms with Crippen molar-refractivity contribution in [2.24, 2.45) is 0 Å². The van der Waals surface area contributed by atoms with E-state index in [4.69, 9.17) is 10.5 Å². The van der Waals surface area contributed by atoms with Gasteiger partial charge in [0, 0.05) is 19.3 Å². The Labute approximate surface area is 112 Å². The largest absolute Gasteiger partial charge is 0.497 e. The Balaban J connectivity index is 2.76. The summed E-state index contributed by atoms with van der Waals surface area (Å²) >= 11 is 1.78. The molecular weight excluding hydrogens is 248 g/mol. The summed E-state index contributed by atoms with van der Waals surface area (Å²) in [6.07, 6.45) is 3.04. The fourth-order valence-corrected chi connectivity index (χ4v) is 2.02. The molecule has 2 N–H and O–H groups in total. The topological polar surface area (TPSA) is 55.6 Å². The molecule has 4 nitrogen and oxygen atoms in total. The number of ether oxygens (including phenoxy) is 1. The molecule has 0 saturated carbocycles. The van der Waals surface area contributed by atoms with E-state index in [0.717, 1.165) is 18.7 Å². The maximum Gasteiger partial charge on any atom is 0.255 e. The molecule has 1 aromatic rings. The Bertz CT molecular complexity index is 410. The molecule has 1 rings (SSSR count). The fraction of sp³-hybridized carbons (Fsp3) is 0.462. The van der Waals surface area contributed by atoms with Crippen LogP contribution in [0.15, 0.2) is 18.2 Å². The van der Waals surface area contributed by atoms with Gasteiger partial charge in [-0.3, -0.25) is 4.79 Å². The highest BCUT2D eigenvalue weighted by atomic mass is 32.2. The number of anilines is 1. The number of rotatable bonds is 6. The standard InChI is InChI=1S/C13H20N2O2S/c1-15(7-4-8-18-3)13(16)11-9-10(17-2)5-6-12(11)14/h5-6,9H,4,7-8,14H2,1-3H3. The lowest BCUT2D eigenvalue weighted by Gasteiger charge is -2.18. The normalized spacial score (nSPS) is 10.2. The maximum atomic E-state index is 12.2. The molecule has 0 aliphatic carbocycles. The number of methoxy groups -OCH3 is 1. The van der Waals surface area contributed by atoms with Gasteiger partial charge in [0.25, 0.3) is 5.91 Å². The second-order valence-corrected chi connectivity index (χ2v) is 5.01. The highest BCUT2D eigenvalue weighted by molar-refractivity contribution is 7.98. The molecule has 0 aromatic heterocycles. The van der Waals surface area contributed by atoms with Crippen LogP contribution >= 0.6 is 11.8 Å². The molecule has 0 aliphatic heterocycles. The van der Waals surface area contributed by atoms with Crippen molar-refractivity contribution in [1.82, 2.24) is 4.90 Å². The van der Waals surface area contributed by atoms with Crippen molar-refractivity contribution in [3.05, 3.63) is 23.8 Å². The van der Waals surface area contributed by atoms with Crippen molar-refractivity contribution in [2.45, 2.75) is 6.42 Å². The van der Waals surface area contributed by atoms with Crippen LogP contribution in [0, 0.1) is 0 Å². The number of thioether (sulfide) groups is 1. The van der Waals surface area contributed by atoms with Crippen LogP contribution in [0.25, 0.3) is 0 Å². The zero-order valence-corrected chi connectivity index (χ0v) is 11.9. The van der Waals surface area contributed by atoms with E-state index in [2.05, 4.69) is 6.26 Å². The second kappa shape index (κ2) is 7.16. The molecule has 1 amide bonds. The predicted molar refractivity (Wildman–Crippen MR) is 77.4 cm³/mol. The molecule has 0 aliphatic rings. The van der Waals surface area contributed by atoms with Crippen molar-refractivity contribution < 1.29 is 9.53 Å². The van der Waals surface area contributed by atoms with Crippen molar-refractivity contribution in [3.63, 3.8) is 0 Å². The first kappa shape index (κ1) is 14.7. The summed E-state index contributed by atoms with van der Waals surface area (Å²) in [4.78, 5) is 13.9. The first-order chi connectivity index (χ1) is 8.60. The average molecular weight is 268 g/mol. The van der Waals surface area contributed by atoms with Crippen LogP contribution in [0.5, 0.6) is 5.75 Å². The molecule has 5 heteroatoms. The summed E-state index contributed by atoms with van der Waals surface area (Å²) in [6, 6.07) is 5.13. The summed E-state index contributed by atoms with van der Waals surface area (Å²) in [6.45, 7) is 0.732. The van der Waals surface area contributed by atoms with E-state index in [0.29, 0.717) is 17.0 Å². The van der Waals surface area contributed by atoms with Gasteiger partial charge < -0.3 is 15.4 Å². The van der Waals surface area contributed by atoms with Gasteiger partial charge in [-0.15, -0.1) is 0 Å². The van der Waals surface area contributed by atoms with Gasteiger partial charge in [0.2, 0.25) is 0 Å². The van der Waals surface area contributed by atoms with Gasteiger partial charge in [-0.05, 0) is 36.6 Å². The third-order valence-electron chi connectivity index (χ3n) is 2.68. The number of carbonyl (C=O) groups excluding carboxylic acids is 1. The average Bonchev–Trinajstić information content (AvgIpc) is 2.38. The van der Waals surface area contributed by atoms with Crippen LogP contribution in [-0.2, 0) is 0 Å². The van der Waals surface area contributed by atoms with Gasteiger partial charge >= 0.3 is 0 Å². The van der Waals surface area contributed by atoms with Crippen molar-refractivity contribution in [1.29, 1.82) is 0 Å². The SMILES string of the molecule is COc1ccc(N)c(C(=O)N(C)CCCSC)c1. The first-order valence-electron chi connectivity index (χ1n) is 5.78. The second-order valence-electron chi connectivity index (χ2n) is 4.03. The molecule has 0 saturated heterocycles. The number of hydrogen-bond donors (Lipinski definition) is 1. The van der Waals surface area contributed by atoms with Crippen LogP contribution in [0.2, 0.25) is 0 Å². The molecule has 0 unspecified atom stereocenters. The Morgan fingerprint density at radius 1 is 1.50 bits per heavy atom. The number of amides is 1. The van der Waals surface area contributed by atoms with Crippen LogP contribution in [0.1, 0.15) is 16.8 Å². The van der Waals surface area contributed by atoms with Crippen LogP contribution in [0.3, 0.4) is 0 Å². The molecular formula is C13H20N2O2S. The third-order valence-corrected chi connectivity index (χ3v) is 3.38. The number of benzene rings is 1. The molecule has 0 spiro atoms. The van der Waals surface area contributed by atoms with E-state index in [1.165, 1.54) is 0 Å². The van der Waals surface area contributed by atoms with Crippen LogP contribution in [0.4, 0.5) is 5.69 Å². The lowest BCUT2D eigenvalue weighted by molar-refractivity contribution is 0.0796. The van der Waals surface area contributed by atoms with E-state index in [1.54, 1.807) is 49.0 Å². The van der Waals surface area contributed by atoms with E-state index in [1.807, 2.05) is 0 Å². The number of nitrogen functional groups attached to an aromatic ring is 1. The predicted octanol–water partition coefficient (Wildman–Crippen LogP) is 2.10. The molecule has 18 heavy (non-hydrogen) atoms. The molecule has 1 aromatic carbocycles. The molecule has 0 fully saturated rings. The minimum atomic E-state index is -0.0625. The van der Waals surface area contributed by atoms with Gasteiger partial charge in [-0.25, -0.2) is 0 Å². The third kappa shape index (κ3) is 3.84. The number of carbonyl (C=O) groups is 1. The van der Waals surface area contributed by atoms with E-state index >= 15 is 0 Å². The molecule has 100 valence electrons. The van der Waals surface area contributed by atoms with Gasteiger partial charge in [-0.2, -0.15) is 11.8 Å². The quantitative estimate of drug-likeness (QED) is 0.634. The van der Waals surface area contributed by atoms with Gasteiger partial charge in [0.05, 0.1) is 12.7 Å². The minimum absolute atomic E-state index is 0.0625. The summed E-state index contributed by atoms with van der Waals surface area (Å²) in [5, 5.41) is 0. The van der Waals surface area contributed by atoms with Gasteiger partial charge in [-0.1, -0.05) is 0 Å². The van der Waals surface area contributed by atoms with Gasteiger partial charge in [0.1, 0.15) is 5.75 Å². The van der Waals surface area contributed by atoms with E-state index in [-0.39, 0.29) is 5.91 Å². The van der Waals surface area contributed by atoms with Crippen molar-refractivity contribution in [3.8, 4) is 5.75 Å². The highest BCUT2D eigenvalue weighted by Gasteiger charge is 2.15. The van der Waals surface area contributed by atoms with Gasteiger partial charge in [0.15, 0.2) is 0 Å². The minimum Gasteiger partial charge on any atom is -0.497 e. The Morgan fingerprint density at radius 3 is 2.83 bits per heavy atom. The van der Waals surface area contributed by atoms with Crippen LogP contribution < -0.4 is 10.5 Å². The Morgan fingerprint density at radius 2 is 2.22 bits per heavy atom. The monoisotopic (exact) mass is 268 g/mol. The number of nitrogens with two attached hydrogens (primary N) is 1. The highest BCUT2D eigenvalue weighted by Crippen LogP contribution is 2.20. The fourth-order valence-electron chi connectivity index (χ4n) is 1.60. The molecule has 0 bridgehead atoms. The maximum absolute atomic E-state index is 12.2. The lowest BCUT2D eigenvalue weighted by Crippen LogP contribution is -2.28. The molecule has 0 radical (unpaired) electrons. The number of hydrogen-bond acceptors (Lipinski definition) is 4. The van der Waals surface area contributed by atoms with E-state index < -0.39 is 0 Å².